The molecule has 0 bridgehead atoms. The molecule has 0 spiro atoms. The normalized spacial score (nSPS) is 18.2. The van der Waals surface area contributed by atoms with Crippen molar-refractivity contribution in [1.29, 1.82) is 0 Å². The lowest BCUT2D eigenvalue weighted by molar-refractivity contribution is 1.03. The molecule has 1 heterocycles. The molecule has 0 radical (unpaired) electrons. The zero-order valence-corrected chi connectivity index (χ0v) is 11.4. The highest BCUT2D eigenvalue weighted by atomic mass is 14.7. The lowest BCUT2D eigenvalue weighted by atomic mass is 9.95. The van der Waals surface area contributed by atoms with Gasteiger partial charge in [-0.15, -0.1) is 0 Å². The van der Waals surface area contributed by atoms with Gasteiger partial charge < -0.3 is 0 Å². The van der Waals surface area contributed by atoms with Crippen LogP contribution in [0.2, 0.25) is 0 Å². The maximum atomic E-state index is 4.69. The summed E-state index contributed by atoms with van der Waals surface area (Å²) in [5, 5.41) is 0. The van der Waals surface area contributed by atoms with E-state index in [0.29, 0.717) is 0 Å². The van der Waals surface area contributed by atoms with Crippen LogP contribution in [0.15, 0.2) is 48.6 Å². The Morgan fingerprint density at radius 2 is 2.00 bits per heavy atom. The van der Waals surface area contributed by atoms with Gasteiger partial charge in [-0.2, -0.15) is 0 Å². The molecule has 2 aliphatic carbocycles. The Labute approximate surface area is 115 Å². The Morgan fingerprint density at radius 1 is 1.05 bits per heavy atom. The molecule has 0 fully saturated rings. The van der Waals surface area contributed by atoms with Crippen LogP contribution in [-0.2, 0) is 0 Å². The molecule has 2 aliphatic rings. The van der Waals surface area contributed by atoms with E-state index < -0.39 is 0 Å². The van der Waals surface area contributed by atoms with Gasteiger partial charge in [-0.25, -0.2) is 0 Å². The van der Waals surface area contributed by atoms with Crippen molar-refractivity contribution in [3.8, 4) is 0 Å². The molecule has 0 saturated carbocycles. The molecular formula is C18H19N. The molecule has 1 aromatic heterocycles. The van der Waals surface area contributed by atoms with Gasteiger partial charge in [-0.1, -0.05) is 36.5 Å². The lowest BCUT2D eigenvalue weighted by Crippen LogP contribution is -1.97. The molecule has 1 aromatic rings. The number of pyridine rings is 1. The second kappa shape index (κ2) is 5.40. The molecule has 1 nitrogen and oxygen atoms in total. The van der Waals surface area contributed by atoms with Crippen molar-refractivity contribution in [2.24, 2.45) is 0 Å². The summed E-state index contributed by atoms with van der Waals surface area (Å²) in [7, 11) is 0. The van der Waals surface area contributed by atoms with Crippen molar-refractivity contribution >= 4 is 11.1 Å². The van der Waals surface area contributed by atoms with Gasteiger partial charge in [0.15, 0.2) is 0 Å². The molecule has 0 aliphatic heterocycles. The largest absolute Gasteiger partial charge is 0.253 e. The Morgan fingerprint density at radius 3 is 2.74 bits per heavy atom. The fourth-order valence-corrected chi connectivity index (χ4v) is 2.65. The smallest absolute Gasteiger partial charge is 0.0707 e. The van der Waals surface area contributed by atoms with Crippen molar-refractivity contribution in [2.75, 3.05) is 0 Å². The number of hydrogen-bond donors (Lipinski definition) is 0. The third-order valence-corrected chi connectivity index (χ3v) is 3.63. The fraction of sp³-hybridized carbons (Fsp3) is 0.278. The summed E-state index contributed by atoms with van der Waals surface area (Å²) in [6, 6.07) is 4.43. The number of hydrogen-bond acceptors (Lipinski definition) is 1. The first kappa shape index (κ1) is 12.2. The predicted octanol–water partition coefficient (Wildman–Crippen LogP) is 4.86. The lowest BCUT2D eigenvalue weighted by Gasteiger charge is -2.13. The van der Waals surface area contributed by atoms with E-state index >= 15 is 0 Å². The minimum atomic E-state index is 1.10. The first-order valence-electron chi connectivity index (χ1n) is 7.05. The topological polar surface area (TPSA) is 12.9 Å². The van der Waals surface area contributed by atoms with E-state index in [0.717, 1.165) is 37.1 Å². The molecule has 0 atom stereocenters. The number of nitrogens with zero attached hydrogens (tertiary/aromatic N) is 1. The van der Waals surface area contributed by atoms with Crippen molar-refractivity contribution in [1.82, 2.24) is 4.98 Å². The molecule has 0 saturated heterocycles. The number of rotatable bonds is 2. The highest BCUT2D eigenvalue weighted by molar-refractivity contribution is 5.76. The van der Waals surface area contributed by atoms with Gasteiger partial charge >= 0.3 is 0 Å². The zero-order valence-electron chi connectivity index (χ0n) is 11.4. The van der Waals surface area contributed by atoms with Crippen LogP contribution in [0.1, 0.15) is 42.6 Å². The summed E-state index contributed by atoms with van der Waals surface area (Å²) in [6.07, 6.45) is 17.9. The second-order valence-corrected chi connectivity index (χ2v) is 5.18. The van der Waals surface area contributed by atoms with Crippen LogP contribution >= 0.6 is 0 Å². The van der Waals surface area contributed by atoms with Gasteiger partial charge in [-0.3, -0.25) is 4.98 Å². The Kier molecular flexibility index (Phi) is 3.45. The van der Waals surface area contributed by atoms with Gasteiger partial charge in [-0.05, 0) is 61.4 Å². The minimum absolute atomic E-state index is 1.10. The van der Waals surface area contributed by atoms with E-state index in [1.165, 1.54) is 16.7 Å². The van der Waals surface area contributed by atoms with Crippen LogP contribution in [-0.4, -0.2) is 4.98 Å². The van der Waals surface area contributed by atoms with Crippen molar-refractivity contribution in [2.45, 2.75) is 32.6 Å². The van der Waals surface area contributed by atoms with Crippen LogP contribution in [0.4, 0.5) is 0 Å². The maximum absolute atomic E-state index is 4.69. The van der Waals surface area contributed by atoms with Gasteiger partial charge in [0.05, 0.1) is 5.69 Å². The highest BCUT2D eigenvalue weighted by Gasteiger charge is 2.09. The molecule has 0 unspecified atom stereocenters. The highest BCUT2D eigenvalue weighted by Crippen LogP contribution is 2.27. The minimum Gasteiger partial charge on any atom is -0.253 e. The van der Waals surface area contributed by atoms with Crippen molar-refractivity contribution in [3.05, 3.63) is 65.5 Å². The van der Waals surface area contributed by atoms with Crippen LogP contribution in [0.25, 0.3) is 11.1 Å². The molecular weight excluding hydrogens is 230 g/mol. The monoisotopic (exact) mass is 249 g/mol. The zero-order chi connectivity index (χ0) is 13.1. The first-order valence-corrected chi connectivity index (χ1v) is 7.05. The van der Waals surface area contributed by atoms with E-state index in [4.69, 9.17) is 0 Å². The van der Waals surface area contributed by atoms with Gasteiger partial charge in [0, 0.05) is 5.69 Å². The van der Waals surface area contributed by atoms with Crippen molar-refractivity contribution < 1.29 is 0 Å². The number of allylic oxidation sites excluding steroid dienone is 8. The van der Waals surface area contributed by atoms with Crippen LogP contribution in [0.5, 0.6) is 0 Å². The van der Waals surface area contributed by atoms with Gasteiger partial charge in [0.25, 0.3) is 0 Å². The summed E-state index contributed by atoms with van der Waals surface area (Å²) in [4.78, 5) is 4.69. The SMILES string of the molecule is Cc1cc(C2=CC=CCC2)cc(C2=CCCC=C2)n1. The van der Waals surface area contributed by atoms with E-state index in [-0.39, 0.29) is 0 Å². The van der Waals surface area contributed by atoms with Crippen LogP contribution < -0.4 is 0 Å². The summed E-state index contributed by atoms with van der Waals surface area (Å²) in [5.41, 5.74) is 6.23. The fourth-order valence-electron chi connectivity index (χ4n) is 2.65. The molecule has 0 N–H and O–H groups in total. The maximum Gasteiger partial charge on any atom is 0.0707 e. The third kappa shape index (κ3) is 2.76. The van der Waals surface area contributed by atoms with Crippen molar-refractivity contribution in [3.63, 3.8) is 0 Å². The summed E-state index contributed by atoms with van der Waals surface area (Å²) in [5.74, 6) is 0. The average Bonchev–Trinajstić information content (AvgIpc) is 2.48. The van der Waals surface area contributed by atoms with Crippen LogP contribution in [0, 0.1) is 6.92 Å². The molecule has 0 aromatic carbocycles. The summed E-state index contributed by atoms with van der Waals surface area (Å²) in [6.45, 7) is 2.08. The average molecular weight is 249 g/mol. The molecule has 3 rings (SSSR count). The summed E-state index contributed by atoms with van der Waals surface area (Å²) >= 11 is 0. The molecule has 1 heteroatoms. The number of aromatic nitrogens is 1. The van der Waals surface area contributed by atoms with E-state index in [1.54, 1.807) is 0 Å². The molecule has 96 valence electrons. The Bertz CT molecular complexity index is 600. The summed E-state index contributed by atoms with van der Waals surface area (Å²) < 4.78 is 0. The standard InChI is InChI=1S/C18H19N/c1-14-12-17(15-8-4-2-5-9-15)13-18(19-14)16-10-6-3-7-11-16/h2,4,6,8,10-13H,3,5,7,9H2,1H3. The third-order valence-electron chi connectivity index (χ3n) is 3.63. The van der Waals surface area contributed by atoms with E-state index in [1.807, 2.05) is 0 Å². The second-order valence-electron chi connectivity index (χ2n) is 5.18. The Hall–Kier alpha value is -1.89. The van der Waals surface area contributed by atoms with E-state index in [9.17, 15) is 0 Å². The predicted molar refractivity (Wildman–Crippen MR) is 81.7 cm³/mol. The molecule has 19 heavy (non-hydrogen) atoms. The quantitative estimate of drug-likeness (QED) is 0.729. The number of aryl methyl sites for hydroxylation is 1. The first-order chi connectivity index (χ1) is 9.33. The van der Waals surface area contributed by atoms with Crippen LogP contribution in [0.3, 0.4) is 0 Å². The van der Waals surface area contributed by atoms with Gasteiger partial charge in [0.1, 0.15) is 0 Å². The Balaban J connectivity index is 2.00. The van der Waals surface area contributed by atoms with E-state index in [2.05, 4.69) is 60.5 Å². The van der Waals surface area contributed by atoms with Gasteiger partial charge in [0.2, 0.25) is 0 Å². The molecule has 0 amide bonds.